The Balaban J connectivity index is 1.73. The molecule has 0 saturated carbocycles. The summed E-state index contributed by atoms with van der Waals surface area (Å²) in [5.41, 5.74) is 1.78. The molecule has 27 heavy (non-hydrogen) atoms. The van der Waals surface area contributed by atoms with E-state index in [2.05, 4.69) is 10.3 Å². The van der Waals surface area contributed by atoms with Crippen LogP contribution in [-0.4, -0.2) is 23.0 Å². The van der Waals surface area contributed by atoms with Crippen molar-refractivity contribution in [2.75, 3.05) is 5.32 Å². The van der Waals surface area contributed by atoms with E-state index in [0.717, 1.165) is 0 Å². The number of nitrogens with zero attached hydrogens (tertiary/aromatic N) is 2. The van der Waals surface area contributed by atoms with Crippen molar-refractivity contribution in [2.45, 2.75) is 13.0 Å². The molecule has 0 aliphatic heterocycles. The zero-order chi connectivity index (χ0) is 19.4. The van der Waals surface area contributed by atoms with Gasteiger partial charge in [-0.3, -0.25) is 4.79 Å². The monoisotopic (exact) mass is 379 g/mol. The van der Waals surface area contributed by atoms with Crippen LogP contribution >= 0.6 is 11.6 Å². The van der Waals surface area contributed by atoms with E-state index in [-0.39, 0.29) is 10.7 Å². The number of amides is 1. The highest BCUT2D eigenvalue weighted by Gasteiger charge is 2.21. The van der Waals surface area contributed by atoms with Gasteiger partial charge in [-0.15, -0.1) is 0 Å². The van der Waals surface area contributed by atoms with Crippen LogP contribution in [0.1, 0.15) is 22.8 Å². The second-order valence-corrected chi connectivity index (χ2v) is 6.12. The highest BCUT2D eigenvalue weighted by molar-refractivity contribution is 6.30. The van der Waals surface area contributed by atoms with E-state index in [9.17, 15) is 9.59 Å². The van der Waals surface area contributed by atoms with Crippen molar-refractivity contribution in [3.05, 3.63) is 70.9 Å². The third kappa shape index (κ3) is 4.22. The first-order valence-electron chi connectivity index (χ1n) is 8.05. The Kier molecular flexibility index (Phi) is 5.34. The quantitative estimate of drug-likeness (QED) is 0.547. The summed E-state index contributed by atoms with van der Waals surface area (Å²) in [7, 11) is 0. The maximum atomic E-state index is 12.5. The van der Waals surface area contributed by atoms with Crippen LogP contribution in [0.2, 0.25) is 5.15 Å². The first kappa shape index (κ1) is 18.4. The Bertz CT molecular complexity index is 1060. The molecule has 3 aromatic rings. The van der Waals surface area contributed by atoms with Crippen LogP contribution < -0.4 is 5.32 Å². The number of halogens is 1. The molecule has 1 amide bonds. The van der Waals surface area contributed by atoms with Crippen molar-refractivity contribution in [2.24, 2.45) is 0 Å². The molecule has 1 atom stereocenters. The van der Waals surface area contributed by atoms with Crippen molar-refractivity contribution in [3.63, 3.8) is 0 Å². The van der Waals surface area contributed by atoms with Gasteiger partial charge in [-0.25, -0.2) is 9.78 Å². The topological polar surface area (TPSA) is 92.1 Å². The Morgan fingerprint density at radius 2 is 1.89 bits per heavy atom. The van der Waals surface area contributed by atoms with Gasteiger partial charge in [0.1, 0.15) is 5.15 Å². The molecule has 7 heteroatoms. The van der Waals surface area contributed by atoms with E-state index < -0.39 is 18.0 Å². The van der Waals surface area contributed by atoms with Crippen LogP contribution in [0.5, 0.6) is 0 Å². The van der Waals surface area contributed by atoms with Gasteiger partial charge in [-0.1, -0.05) is 29.8 Å². The molecule has 0 bridgehead atoms. The van der Waals surface area contributed by atoms with E-state index in [1.807, 2.05) is 6.07 Å². The van der Waals surface area contributed by atoms with Crippen LogP contribution in [0.25, 0.3) is 10.9 Å². The van der Waals surface area contributed by atoms with Crippen LogP contribution in [0.15, 0.2) is 54.6 Å². The Labute approximate surface area is 160 Å². The van der Waals surface area contributed by atoms with Gasteiger partial charge in [0.25, 0.3) is 5.91 Å². The number of esters is 1. The summed E-state index contributed by atoms with van der Waals surface area (Å²) in [6.07, 6.45) is -1.03. The number of aromatic nitrogens is 1. The lowest BCUT2D eigenvalue weighted by Gasteiger charge is -2.14. The predicted octanol–water partition coefficient (Wildman–Crippen LogP) is 3.94. The number of hydrogen-bond donors (Lipinski definition) is 1. The van der Waals surface area contributed by atoms with Crippen molar-refractivity contribution in [1.29, 1.82) is 5.26 Å². The van der Waals surface area contributed by atoms with Crippen LogP contribution in [0, 0.1) is 11.3 Å². The van der Waals surface area contributed by atoms with Crippen molar-refractivity contribution in [3.8, 4) is 6.07 Å². The number of nitrogens with one attached hydrogen (secondary N) is 1. The summed E-state index contributed by atoms with van der Waals surface area (Å²) in [4.78, 5) is 29.0. The van der Waals surface area contributed by atoms with Crippen LogP contribution in [0.4, 0.5) is 5.69 Å². The van der Waals surface area contributed by atoms with Gasteiger partial charge in [0.05, 0.1) is 22.7 Å². The fourth-order valence-corrected chi connectivity index (χ4v) is 2.66. The second kappa shape index (κ2) is 7.85. The van der Waals surface area contributed by atoms with Crippen LogP contribution in [0.3, 0.4) is 0 Å². The third-order valence-electron chi connectivity index (χ3n) is 3.84. The number of nitriles is 1. The van der Waals surface area contributed by atoms with Crippen molar-refractivity contribution in [1.82, 2.24) is 4.98 Å². The highest BCUT2D eigenvalue weighted by atomic mass is 35.5. The van der Waals surface area contributed by atoms with E-state index in [0.29, 0.717) is 22.2 Å². The minimum absolute atomic E-state index is 0.162. The van der Waals surface area contributed by atoms with E-state index in [4.69, 9.17) is 21.6 Å². The normalized spacial score (nSPS) is 11.4. The van der Waals surface area contributed by atoms with Gasteiger partial charge in [0.2, 0.25) is 0 Å². The minimum Gasteiger partial charge on any atom is -0.449 e. The molecule has 0 radical (unpaired) electrons. The molecule has 1 aromatic heterocycles. The van der Waals surface area contributed by atoms with Gasteiger partial charge in [-0.2, -0.15) is 5.26 Å². The summed E-state index contributed by atoms with van der Waals surface area (Å²) >= 11 is 5.98. The summed E-state index contributed by atoms with van der Waals surface area (Å²) < 4.78 is 5.29. The van der Waals surface area contributed by atoms with E-state index in [1.165, 1.54) is 13.0 Å². The zero-order valence-corrected chi connectivity index (χ0v) is 15.0. The van der Waals surface area contributed by atoms with Crippen molar-refractivity contribution < 1.29 is 14.3 Å². The molecule has 1 heterocycles. The lowest BCUT2D eigenvalue weighted by molar-refractivity contribution is -0.123. The fraction of sp³-hybridized carbons (Fsp3) is 0.100. The summed E-state index contributed by atoms with van der Waals surface area (Å²) in [6, 6.07) is 16.8. The highest BCUT2D eigenvalue weighted by Crippen LogP contribution is 2.22. The lowest BCUT2D eigenvalue weighted by Crippen LogP contribution is -2.30. The smallest absolute Gasteiger partial charge is 0.339 e. The maximum absolute atomic E-state index is 12.5. The number of benzene rings is 2. The number of fused-ring (bicyclic) bond motifs is 1. The number of para-hydroxylation sites is 1. The molecule has 0 fully saturated rings. The summed E-state index contributed by atoms with van der Waals surface area (Å²) in [6.45, 7) is 1.47. The Morgan fingerprint density at radius 1 is 1.19 bits per heavy atom. The third-order valence-corrected chi connectivity index (χ3v) is 4.03. The first-order valence-corrected chi connectivity index (χ1v) is 8.43. The molecule has 134 valence electrons. The van der Waals surface area contributed by atoms with Gasteiger partial charge in [0.15, 0.2) is 6.10 Å². The number of anilines is 1. The SMILES string of the molecule is C[C@@H](OC(=O)c1cc(Cl)nc2ccccc12)C(=O)Nc1ccc(C#N)cc1. The largest absolute Gasteiger partial charge is 0.449 e. The number of hydrogen-bond acceptors (Lipinski definition) is 5. The molecule has 0 aliphatic carbocycles. The van der Waals surface area contributed by atoms with Gasteiger partial charge < -0.3 is 10.1 Å². The molecule has 0 spiro atoms. The number of ether oxygens (including phenoxy) is 1. The maximum Gasteiger partial charge on any atom is 0.339 e. The molecule has 2 aromatic carbocycles. The van der Waals surface area contributed by atoms with Gasteiger partial charge >= 0.3 is 5.97 Å². The first-order chi connectivity index (χ1) is 13.0. The van der Waals surface area contributed by atoms with Crippen molar-refractivity contribution >= 4 is 40.1 Å². The Morgan fingerprint density at radius 3 is 2.59 bits per heavy atom. The Hall–Kier alpha value is -3.43. The molecule has 3 rings (SSSR count). The fourth-order valence-electron chi connectivity index (χ4n) is 2.46. The van der Waals surface area contributed by atoms with Crippen LogP contribution in [-0.2, 0) is 9.53 Å². The summed E-state index contributed by atoms with van der Waals surface area (Å²) in [5.74, 6) is -1.16. The van der Waals surface area contributed by atoms with Gasteiger partial charge in [0, 0.05) is 11.1 Å². The average molecular weight is 380 g/mol. The average Bonchev–Trinajstić information content (AvgIpc) is 2.67. The number of carbonyl (C=O) groups is 2. The predicted molar refractivity (Wildman–Crippen MR) is 101 cm³/mol. The number of carbonyl (C=O) groups excluding carboxylic acids is 2. The molecule has 1 N–H and O–H groups in total. The molecular weight excluding hydrogens is 366 g/mol. The molecular formula is C20H14ClN3O3. The molecule has 0 saturated heterocycles. The second-order valence-electron chi connectivity index (χ2n) is 5.74. The lowest BCUT2D eigenvalue weighted by atomic mass is 10.1. The van der Waals surface area contributed by atoms with E-state index >= 15 is 0 Å². The number of pyridine rings is 1. The zero-order valence-electron chi connectivity index (χ0n) is 14.3. The van der Waals surface area contributed by atoms with E-state index in [1.54, 1.807) is 48.5 Å². The molecule has 0 unspecified atom stereocenters. The number of rotatable bonds is 4. The standard InChI is InChI=1S/C20H14ClN3O3/c1-12(19(25)23-14-8-6-13(11-22)7-9-14)27-20(26)16-10-18(21)24-17-5-3-2-4-15(16)17/h2-10,12H,1H3,(H,23,25)/t12-/m1/s1. The summed E-state index contributed by atoms with van der Waals surface area (Å²) in [5, 5.41) is 12.2. The minimum atomic E-state index is -1.03. The van der Waals surface area contributed by atoms with Gasteiger partial charge in [-0.05, 0) is 43.3 Å². The molecule has 0 aliphatic rings. The molecule has 6 nitrogen and oxygen atoms in total.